The van der Waals surface area contributed by atoms with Crippen molar-refractivity contribution < 1.29 is 0 Å². The highest BCUT2D eigenvalue weighted by atomic mass is 15.1. The van der Waals surface area contributed by atoms with Gasteiger partial charge in [0.15, 0.2) is 0 Å². The van der Waals surface area contributed by atoms with E-state index in [1.807, 2.05) is 92.0 Å². The van der Waals surface area contributed by atoms with E-state index in [-0.39, 0.29) is 0 Å². The molecule has 0 atom stereocenters. The van der Waals surface area contributed by atoms with Crippen LogP contribution in [-0.4, -0.2) is 30.1 Å². The Bertz CT molecular complexity index is 971. The molecule has 210 valence electrons. The van der Waals surface area contributed by atoms with Crippen molar-refractivity contribution in [2.45, 2.75) is 69.2 Å². The summed E-state index contributed by atoms with van der Waals surface area (Å²) in [6.45, 7) is 19.9. The topological polar surface area (TPSA) is 77.3 Å². The number of pyridine rings is 2. The lowest BCUT2D eigenvalue weighted by Crippen LogP contribution is -1.86. The second-order valence-corrected chi connectivity index (χ2v) is 9.72. The van der Waals surface area contributed by atoms with Gasteiger partial charge in [-0.1, -0.05) is 47.5 Å². The molecule has 0 unspecified atom stereocenters. The van der Waals surface area contributed by atoms with E-state index in [2.05, 4.69) is 80.4 Å². The maximum absolute atomic E-state index is 4.08. The smallest absolute Gasteiger partial charge is 0.0600 e. The van der Waals surface area contributed by atoms with Crippen LogP contribution >= 0.6 is 0 Å². The molecule has 0 aliphatic carbocycles. The van der Waals surface area contributed by atoms with Gasteiger partial charge in [0, 0.05) is 36.2 Å². The number of hydrogen-bond donors (Lipinski definition) is 0. The molecular formula is C34H44N6. The lowest BCUT2D eigenvalue weighted by atomic mass is 10.2. The van der Waals surface area contributed by atoms with Gasteiger partial charge in [-0.15, -0.1) is 0 Å². The van der Waals surface area contributed by atoms with E-state index < -0.39 is 0 Å². The van der Waals surface area contributed by atoms with Gasteiger partial charge >= 0.3 is 0 Å². The van der Waals surface area contributed by atoms with Gasteiger partial charge in [-0.2, -0.15) is 10.2 Å². The van der Waals surface area contributed by atoms with Crippen molar-refractivity contribution in [2.75, 3.05) is 0 Å². The van der Waals surface area contributed by atoms with Crippen LogP contribution in [0.25, 0.3) is 0 Å². The van der Waals surface area contributed by atoms with Crippen molar-refractivity contribution in [3.8, 4) is 0 Å². The maximum atomic E-state index is 4.08. The number of rotatable bonds is 0. The number of hydrogen-bond acceptors (Lipinski definition) is 6. The number of aromatic nitrogens is 6. The molecule has 0 aliphatic rings. The lowest BCUT2D eigenvalue weighted by molar-refractivity contribution is 0.941. The zero-order valence-electron chi connectivity index (χ0n) is 25.8. The van der Waals surface area contributed by atoms with Crippen LogP contribution in [0.4, 0.5) is 0 Å². The fourth-order valence-electron chi connectivity index (χ4n) is 2.64. The molecule has 0 saturated heterocycles. The van der Waals surface area contributed by atoms with Gasteiger partial charge in [-0.3, -0.25) is 19.9 Å². The van der Waals surface area contributed by atoms with Crippen molar-refractivity contribution >= 4 is 0 Å². The van der Waals surface area contributed by atoms with Gasteiger partial charge < -0.3 is 0 Å². The molecule has 1 aromatic carbocycles. The van der Waals surface area contributed by atoms with Crippen LogP contribution in [0, 0.1) is 69.2 Å². The van der Waals surface area contributed by atoms with Crippen LogP contribution in [0.5, 0.6) is 0 Å². The molecule has 40 heavy (non-hydrogen) atoms. The Balaban J connectivity index is 0.000000250. The number of benzene rings is 1. The molecule has 5 aromatic rings. The third kappa shape index (κ3) is 17.2. The Morgan fingerprint density at radius 1 is 0.275 bits per heavy atom. The summed E-state index contributed by atoms with van der Waals surface area (Å²) in [7, 11) is 0. The largest absolute Gasteiger partial charge is 0.261 e. The summed E-state index contributed by atoms with van der Waals surface area (Å²) in [4.78, 5) is 16.2. The van der Waals surface area contributed by atoms with Crippen molar-refractivity contribution in [3.05, 3.63) is 142 Å². The van der Waals surface area contributed by atoms with Gasteiger partial charge in [0.25, 0.3) is 0 Å². The van der Waals surface area contributed by atoms with Crippen molar-refractivity contribution in [1.82, 2.24) is 30.1 Å². The first-order valence-corrected chi connectivity index (χ1v) is 13.3. The molecule has 0 spiro atoms. The first-order chi connectivity index (χ1) is 18.9. The molecule has 0 bridgehead atoms. The molecular weight excluding hydrogens is 492 g/mol. The van der Waals surface area contributed by atoms with E-state index in [4.69, 9.17) is 0 Å². The fraction of sp³-hybridized carbons (Fsp3) is 0.294. The molecule has 0 saturated carbocycles. The monoisotopic (exact) mass is 536 g/mol. The number of nitrogens with zero attached hydrogens (tertiary/aromatic N) is 6. The molecule has 0 amide bonds. The van der Waals surface area contributed by atoms with E-state index >= 15 is 0 Å². The summed E-state index contributed by atoms with van der Waals surface area (Å²) in [5.41, 5.74) is 11.1. The zero-order chi connectivity index (χ0) is 29.9. The third-order valence-corrected chi connectivity index (χ3v) is 5.18. The molecule has 0 fully saturated rings. The molecule has 4 aromatic heterocycles. The molecule has 4 heterocycles. The Labute approximate surface area is 241 Å². The summed E-state index contributed by atoms with van der Waals surface area (Å²) in [5.74, 6) is 0. The average molecular weight is 537 g/mol. The summed E-state index contributed by atoms with van der Waals surface area (Å²) < 4.78 is 0. The zero-order valence-corrected chi connectivity index (χ0v) is 25.8. The second kappa shape index (κ2) is 18.9. The predicted molar refractivity (Wildman–Crippen MR) is 166 cm³/mol. The Kier molecular flexibility index (Phi) is 15.9. The Hall–Kier alpha value is -4.32. The van der Waals surface area contributed by atoms with Crippen LogP contribution in [0.15, 0.2) is 85.5 Å². The van der Waals surface area contributed by atoms with Crippen LogP contribution in [0.2, 0.25) is 0 Å². The highest BCUT2D eigenvalue weighted by molar-refractivity contribution is 5.19. The van der Waals surface area contributed by atoms with E-state index in [0.29, 0.717) is 0 Å². The average Bonchev–Trinajstić information content (AvgIpc) is 2.94. The van der Waals surface area contributed by atoms with Crippen molar-refractivity contribution in [1.29, 1.82) is 0 Å². The molecule has 0 aliphatic heterocycles. The highest BCUT2D eigenvalue weighted by Gasteiger charge is 1.84. The van der Waals surface area contributed by atoms with Crippen LogP contribution < -0.4 is 0 Å². The van der Waals surface area contributed by atoms with Gasteiger partial charge in [0.05, 0.1) is 22.8 Å². The molecule has 0 N–H and O–H groups in total. The lowest BCUT2D eigenvalue weighted by Gasteiger charge is -1.90. The third-order valence-electron chi connectivity index (χ3n) is 5.18. The summed E-state index contributed by atoms with van der Waals surface area (Å²) in [5, 5.41) is 7.66. The van der Waals surface area contributed by atoms with E-state index in [1.54, 1.807) is 12.4 Å². The van der Waals surface area contributed by atoms with E-state index in [0.717, 1.165) is 34.2 Å². The van der Waals surface area contributed by atoms with Crippen molar-refractivity contribution in [2.24, 2.45) is 0 Å². The minimum atomic E-state index is 0.968. The standard InChI is InChI=1S/C8H10.2C7H9N.2C6H8N2/c1-7-3-5-8(2)6-4-7;2*1-6-3-4-7(2)8-5-6;1-5-3-8-6(2)4-7-5;1-5-3-4-6(2)8-7-5/h3-6H,1-2H3;2*3-5H,1-2H3;2*3-4H,1-2H3. The van der Waals surface area contributed by atoms with Crippen LogP contribution in [-0.2, 0) is 0 Å². The van der Waals surface area contributed by atoms with Crippen LogP contribution in [0.1, 0.15) is 56.4 Å². The highest BCUT2D eigenvalue weighted by Crippen LogP contribution is 1.99. The minimum absolute atomic E-state index is 0.968. The van der Waals surface area contributed by atoms with Gasteiger partial charge in [-0.25, -0.2) is 0 Å². The number of aryl methyl sites for hydroxylation is 10. The van der Waals surface area contributed by atoms with Gasteiger partial charge in [0.2, 0.25) is 0 Å². The molecule has 5 rings (SSSR count). The quantitative estimate of drug-likeness (QED) is 0.200. The van der Waals surface area contributed by atoms with Crippen molar-refractivity contribution in [3.63, 3.8) is 0 Å². The normalized spacial score (nSPS) is 9.25. The predicted octanol–water partition coefficient (Wildman–Crippen LogP) is 7.89. The second-order valence-electron chi connectivity index (χ2n) is 9.72. The summed E-state index contributed by atoms with van der Waals surface area (Å²) in [6.07, 6.45) is 7.26. The Morgan fingerprint density at radius 3 is 0.775 bits per heavy atom. The van der Waals surface area contributed by atoms with Gasteiger partial charge in [0.1, 0.15) is 0 Å². The van der Waals surface area contributed by atoms with Gasteiger partial charge in [-0.05, 0) is 105 Å². The maximum Gasteiger partial charge on any atom is 0.0600 e. The summed E-state index contributed by atoms with van der Waals surface area (Å²) >= 11 is 0. The Morgan fingerprint density at radius 2 is 0.550 bits per heavy atom. The van der Waals surface area contributed by atoms with E-state index in [9.17, 15) is 0 Å². The molecule has 0 radical (unpaired) electrons. The van der Waals surface area contributed by atoms with Crippen LogP contribution in [0.3, 0.4) is 0 Å². The fourth-order valence-corrected chi connectivity index (χ4v) is 2.64. The summed E-state index contributed by atoms with van der Waals surface area (Å²) in [6, 6.07) is 20.5. The molecule has 6 nitrogen and oxygen atoms in total. The minimum Gasteiger partial charge on any atom is -0.261 e. The first-order valence-electron chi connectivity index (χ1n) is 13.3. The molecule has 6 heteroatoms. The first kappa shape index (κ1) is 33.7. The van der Waals surface area contributed by atoms with E-state index in [1.165, 1.54) is 22.3 Å². The SMILES string of the molecule is Cc1ccc(C)cc1.Cc1ccc(C)nc1.Cc1ccc(C)nc1.Cc1ccc(C)nn1.Cc1cnc(C)cn1.